The van der Waals surface area contributed by atoms with Gasteiger partial charge in [0.25, 0.3) is 5.91 Å². The zero-order valence-corrected chi connectivity index (χ0v) is 14.6. The minimum Gasteiger partial charge on any atom is -0.359 e. The highest BCUT2D eigenvalue weighted by Crippen LogP contribution is 2.36. The van der Waals surface area contributed by atoms with Crippen molar-refractivity contribution >= 4 is 23.2 Å². The van der Waals surface area contributed by atoms with E-state index in [1.54, 1.807) is 35.2 Å². The Balaban J connectivity index is 1.73. The molecule has 1 N–H and O–H groups in total. The van der Waals surface area contributed by atoms with Crippen molar-refractivity contribution in [2.45, 2.75) is 12.7 Å². The van der Waals surface area contributed by atoms with E-state index in [1.165, 1.54) is 6.07 Å². The van der Waals surface area contributed by atoms with Gasteiger partial charge in [0.15, 0.2) is 0 Å². The SMILES string of the molecule is O=C1c2ccccc2[C@@H](Nc2ccccc2F)N1Cc1ccccc1Cl. The summed E-state index contributed by atoms with van der Waals surface area (Å²) in [7, 11) is 0. The number of hydrogen-bond acceptors (Lipinski definition) is 2. The van der Waals surface area contributed by atoms with E-state index >= 15 is 0 Å². The van der Waals surface area contributed by atoms with Crippen molar-refractivity contribution in [2.24, 2.45) is 0 Å². The zero-order valence-electron chi connectivity index (χ0n) is 13.8. The third-order valence-electron chi connectivity index (χ3n) is 4.52. The Labute approximate surface area is 156 Å². The largest absolute Gasteiger partial charge is 0.359 e. The van der Waals surface area contributed by atoms with E-state index in [0.717, 1.165) is 11.1 Å². The summed E-state index contributed by atoms with van der Waals surface area (Å²) in [5.41, 5.74) is 2.64. The molecule has 0 saturated heterocycles. The highest BCUT2D eigenvalue weighted by Gasteiger charge is 2.36. The third-order valence-corrected chi connectivity index (χ3v) is 4.89. The maximum atomic E-state index is 14.1. The standard InChI is InChI=1S/C21H16ClFN2O/c22-17-10-4-1-7-14(17)13-25-20(24-19-12-6-5-11-18(19)23)15-8-2-3-9-16(15)21(25)26/h1-12,20,24H,13H2/t20-/m0/s1. The van der Waals surface area contributed by atoms with Gasteiger partial charge in [-0.05, 0) is 29.8 Å². The normalized spacial score (nSPS) is 15.8. The van der Waals surface area contributed by atoms with Crippen molar-refractivity contribution in [1.82, 2.24) is 4.90 Å². The second-order valence-electron chi connectivity index (χ2n) is 6.14. The number of amides is 1. The monoisotopic (exact) mass is 366 g/mol. The van der Waals surface area contributed by atoms with Crippen molar-refractivity contribution in [3.05, 3.63) is 100 Å². The van der Waals surface area contributed by atoms with Crippen molar-refractivity contribution in [3.63, 3.8) is 0 Å². The van der Waals surface area contributed by atoms with Crippen LogP contribution in [0.2, 0.25) is 5.02 Å². The Kier molecular flexibility index (Phi) is 4.35. The van der Waals surface area contributed by atoms with Crippen molar-refractivity contribution < 1.29 is 9.18 Å². The maximum Gasteiger partial charge on any atom is 0.256 e. The van der Waals surface area contributed by atoms with Crippen LogP contribution in [0.25, 0.3) is 0 Å². The van der Waals surface area contributed by atoms with Crippen molar-refractivity contribution in [2.75, 3.05) is 5.32 Å². The molecule has 5 heteroatoms. The number of rotatable bonds is 4. The van der Waals surface area contributed by atoms with Gasteiger partial charge in [-0.2, -0.15) is 0 Å². The lowest BCUT2D eigenvalue weighted by molar-refractivity contribution is 0.0728. The van der Waals surface area contributed by atoms with E-state index in [4.69, 9.17) is 11.6 Å². The first kappa shape index (κ1) is 16.6. The molecule has 1 heterocycles. The number of benzene rings is 3. The molecule has 0 spiro atoms. The van der Waals surface area contributed by atoms with Crippen molar-refractivity contribution in [3.8, 4) is 0 Å². The van der Waals surface area contributed by atoms with Gasteiger partial charge in [0.2, 0.25) is 0 Å². The molecule has 3 aromatic carbocycles. The number of halogens is 2. The second kappa shape index (κ2) is 6.81. The smallest absolute Gasteiger partial charge is 0.256 e. The van der Waals surface area contributed by atoms with E-state index in [2.05, 4.69) is 5.32 Å². The maximum absolute atomic E-state index is 14.1. The number of nitrogens with one attached hydrogen (secondary N) is 1. The fourth-order valence-corrected chi connectivity index (χ4v) is 3.42. The lowest BCUT2D eigenvalue weighted by atomic mass is 10.1. The van der Waals surface area contributed by atoms with Gasteiger partial charge < -0.3 is 10.2 Å². The molecule has 130 valence electrons. The first-order chi connectivity index (χ1) is 12.6. The van der Waals surface area contributed by atoms with E-state index < -0.39 is 6.17 Å². The summed E-state index contributed by atoms with van der Waals surface area (Å²) < 4.78 is 14.1. The van der Waals surface area contributed by atoms with Crippen LogP contribution in [0.1, 0.15) is 27.7 Å². The summed E-state index contributed by atoms with van der Waals surface area (Å²) in [5, 5.41) is 3.77. The van der Waals surface area contributed by atoms with Gasteiger partial charge in [-0.25, -0.2) is 4.39 Å². The van der Waals surface area contributed by atoms with Crippen LogP contribution in [0.3, 0.4) is 0 Å². The van der Waals surface area contributed by atoms with Gasteiger partial charge in [-0.1, -0.05) is 60.1 Å². The van der Waals surface area contributed by atoms with Gasteiger partial charge in [0.05, 0.1) is 5.69 Å². The Morgan fingerprint density at radius 1 is 0.962 bits per heavy atom. The van der Waals surface area contributed by atoms with Gasteiger partial charge in [-0.3, -0.25) is 4.79 Å². The molecular weight excluding hydrogens is 351 g/mol. The first-order valence-corrected chi connectivity index (χ1v) is 8.67. The number of nitrogens with zero attached hydrogens (tertiary/aromatic N) is 1. The molecule has 1 amide bonds. The van der Waals surface area contributed by atoms with Crippen LogP contribution >= 0.6 is 11.6 Å². The molecule has 1 aliphatic heterocycles. The molecule has 0 fully saturated rings. The molecular formula is C21H16ClFN2O. The van der Waals surface area contributed by atoms with Crippen LogP contribution in [0.15, 0.2) is 72.8 Å². The number of carbonyl (C=O) groups is 1. The summed E-state index contributed by atoms with van der Waals surface area (Å²) >= 11 is 6.28. The Morgan fingerprint density at radius 3 is 2.46 bits per heavy atom. The molecule has 0 saturated carbocycles. The molecule has 0 aliphatic carbocycles. The predicted octanol–water partition coefficient (Wildman–Crippen LogP) is 5.25. The van der Waals surface area contributed by atoms with E-state index in [1.807, 2.05) is 36.4 Å². The van der Waals surface area contributed by atoms with Gasteiger partial charge in [-0.15, -0.1) is 0 Å². The average Bonchev–Trinajstić information content (AvgIpc) is 2.91. The summed E-state index contributed by atoms with van der Waals surface area (Å²) in [6.07, 6.45) is -0.466. The zero-order chi connectivity index (χ0) is 18.1. The quantitative estimate of drug-likeness (QED) is 0.684. The third kappa shape index (κ3) is 2.93. The minimum atomic E-state index is -0.466. The van der Waals surface area contributed by atoms with Gasteiger partial charge in [0.1, 0.15) is 12.0 Å². The topological polar surface area (TPSA) is 32.3 Å². The fourth-order valence-electron chi connectivity index (χ4n) is 3.22. The second-order valence-corrected chi connectivity index (χ2v) is 6.55. The molecule has 0 radical (unpaired) electrons. The average molecular weight is 367 g/mol. The van der Waals surface area contributed by atoms with E-state index in [0.29, 0.717) is 22.8 Å². The van der Waals surface area contributed by atoms with Crippen LogP contribution in [0, 0.1) is 5.82 Å². The molecule has 3 nitrogen and oxygen atoms in total. The van der Waals surface area contributed by atoms with Gasteiger partial charge in [0, 0.05) is 22.7 Å². The fraction of sp³-hybridized carbons (Fsp3) is 0.0952. The summed E-state index contributed by atoms with van der Waals surface area (Å²) in [4.78, 5) is 14.6. The lowest BCUT2D eigenvalue weighted by Crippen LogP contribution is -2.32. The van der Waals surface area contributed by atoms with E-state index in [-0.39, 0.29) is 11.7 Å². The number of para-hydroxylation sites is 1. The van der Waals surface area contributed by atoms with E-state index in [9.17, 15) is 9.18 Å². The predicted molar refractivity (Wildman–Crippen MR) is 101 cm³/mol. The summed E-state index contributed by atoms with van der Waals surface area (Å²) in [5.74, 6) is -0.462. The molecule has 1 atom stereocenters. The van der Waals surface area contributed by atoms with Gasteiger partial charge >= 0.3 is 0 Å². The number of anilines is 1. The van der Waals surface area contributed by atoms with Crippen LogP contribution in [-0.4, -0.2) is 10.8 Å². The van der Waals surface area contributed by atoms with Crippen LogP contribution in [-0.2, 0) is 6.54 Å². The highest BCUT2D eigenvalue weighted by atomic mass is 35.5. The molecule has 0 unspecified atom stereocenters. The number of hydrogen-bond donors (Lipinski definition) is 1. The van der Waals surface area contributed by atoms with Crippen LogP contribution < -0.4 is 5.32 Å². The molecule has 0 aromatic heterocycles. The molecule has 26 heavy (non-hydrogen) atoms. The number of fused-ring (bicyclic) bond motifs is 1. The minimum absolute atomic E-state index is 0.102. The van der Waals surface area contributed by atoms with Crippen molar-refractivity contribution in [1.29, 1.82) is 0 Å². The molecule has 0 bridgehead atoms. The summed E-state index contributed by atoms with van der Waals surface area (Å²) in [6.45, 7) is 0.333. The highest BCUT2D eigenvalue weighted by molar-refractivity contribution is 6.31. The molecule has 4 rings (SSSR count). The van der Waals surface area contributed by atoms with Crippen LogP contribution in [0.4, 0.5) is 10.1 Å². The molecule has 3 aromatic rings. The Bertz CT molecular complexity index is 975. The van der Waals surface area contributed by atoms with Crippen LogP contribution in [0.5, 0.6) is 0 Å². The first-order valence-electron chi connectivity index (χ1n) is 8.29. The summed E-state index contributed by atoms with van der Waals surface area (Å²) in [6, 6.07) is 21.2. The Hall–Kier alpha value is -2.85. The Morgan fingerprint density at radius 2 is 1.65 bits per heavy atom. The molecule has 1 aliphatic rings. The number of carbonyl (C=O) groups excluding carboxylic acids is 1. The lowest BCUT2D eigenvalue weighted by Gasteiger charge is -2.27.